The number of nitrogens with one attached hydrogen (secondary N) is 1. The quantitative estimate of drug-likeness (QED) is 0.910. The van der Waals surface area contributed by atoms with Crippen LogP contribution < -0.4 is 5.32 Å². The fraction of sp³-hybridized carbons (Fsp3) is 0.562. The van der Waals surface area contributed by atoms with Gasteiger partial charge in [0.1, 0.15) is 5.82 Å². The Hall–Kier alpha value is -1.13. The van der Waals surface area contributed by atoms with Gasteiger partial charge in [-0.3, -0.25) is 4.79 Å². The molecule has 3 unspecified atom stereocenters. The Morgan fingerprint density at radius 3 is 2.86 bits per heavy atom. The number of likely N-dealkylation sites (tertiary alicyclic amines) is 1. The highest BCUT2D eigenvalue weighted by Crippen LogP contribution is 2.24. The molecular weight excluding hydrogens is 291 g/mol. The van der Waals surface area contributed by atoms with Crippen LogP contribution in [-0.4, -0.2) is 36.0 Å². The number of hydrogen-bond acceptors (Lipinski definition) is 2. The van der Waals surface area contributed by atoms with Crippen LogP contribution in [0.2, 0.25) is 0 Å². The minimum absolute atomic E-state index is 0. The molecule has 3 rings (SSSR count). The summed E-state index contributed by atoms with van der Waals surface area (Å²) in [6.45, 7) is 3.47. The van der Waals surface area contributed by atoms with Gasteiger partial charge in [-0.25, -0.2) is 4.39 Å². The third-order valence-corrected chi connectivity index (χ3v) is 4.55. The van der Waals surface area contributed by atoms with Gasteiger partial charge < -0.3 is 10.2 Å². The van der Waals surface area contributed by atoms with E-state index in [1.165, 1.54) is 18.6 Å². The summed E-state index contributed by atoms with van der Waals surface area (Å²) in [6.07, 6.45) is 3.41. The van der Waals surface area contributed by atoms with E-state index in [2.05, 4.69) is 5.32 Å². The van der Waals surface area contributed by atoms with Gasteiger partial charge >= 0.3 is 0 Å². The summed E-state index contributed by atoms with van der Waals surface area (Å²) in [5.41, 5.74) is 0.761. The second-order valence-electron chi connectivity index (χ2n) is 5.99. The van der Waals surface area contributed by atoms with Crippen molar-refractivity contribution >= 4 is 18.3 Å². The molecule has 0 radical (unpaired) electrons. The number of benzene rings is 1. The van der Waals surface area contributed by atoms with Crippen LogP contribution in [0.5, 0.6) is 0 Å². The van der Waals surface area contributed by atoms with E-state index in [4.69, 9.17) is 0 Å². The molecule has 2 aliphatic heterocycles. The Balaban J connectivity index is 0.00000161. The number of carbonyl (C=O) groups excluding carboxylic acids is 1. The second-order valence-corrected chi connectivity index (χ2v) is 5.99. The second kappa shape index (κ2) is 6.75. The van der Waals surface area contributed by atoms with Crippen LogP contribution in [0.25, 0.3) is 0 Å². The highest BCUT2D eigenvalue weighted by molar-refractivity contribution is 5.85. The fourth-order valence-electron chi connectivity index (χ4n) is 3.34. The highest BCUT2D eigenvalue weighted by Gasteiger charge is 2.32. The summed E-state index contributed by atoms with van der Waals surface area (Å²) in [5.74, 6) is -0.439. The predicted octanol–water partition coefficient (Wildman–Crippen LogP) is 2.70. The standard InChI is InChI=1S/C16H21FN2O.ClH/c1-11(12-3-2-4-13(17)9-12)16(20)19-8-7-14-5-6-15(10-19)18-14;/h2-4,9,11,14-15,18H,5-8,10H2,1H3;1H. The molecule has 2 heterocycles. The summed E-state index contributed by atoms with van der Waals surface area (Å²) in [4.78, 5) is 14.6. The Labute approximate surface area is 131 Å². The van der Waals surface area contributed by atoms with Gasteiger partial charge in [-0.05, 0) is 43.9 Å². The zero-order valence-electron chi connectivity index (χ0n) is 12.2. The molecule has 1 amide bonds. The minimum Gasteiger partial charge on any atom is -0.341 e. The molecule has 2 fully saturated rings. The highest BCUT2D eigenvalue weighted by atomic mass is 35.5. The van der Waals surface area contributed by atoms with Crippen molar-refractivity contribution in [2.75, 3.05) is 13.1 Å². The van der Waals surface area contributed by atoms with Gasteiger partial charge in [0.25, 0.3) is 0 Å². The van der Waals surface area contributed by atoms with Gasteiger partial charge in [-0.2, -0.15) is 0 Å². The van der Waals surface area contributed by atoms with Crippen molar-refractivity contribution in [1.29, 1.82) is 0 Å². The molecule has 0 aromatic heterocycles. The molecule has 3 nitrogen and oxygen atoms in total. The summed E-state index contributed by atoms with van der Waals surface area (Å²) in [7, 11) is 0. The number of carbonyl (C=O) groups is 1. The smallest absolute Gasteiger partial charge is 0.229 e. The van der Waals surface area contributed by atoms with Crippen LogP contribution in [0.15, 0.2) is 24.3 Å². The third-order valence-electron chi connectivity index (χ3n) is 4.55. The van der Waals surface area contributed by atoms with Crippen molar-refractivity contribution in [2.45, 2.75) is 44.2 Å². The van der Waals surface area contributed by atoms with Crippen molar-refractivity contribution in [2.24, 2.45) is 0 Å². The van der Waals surface area contributed by atoms with Crippen molar-refractivity contribution in [3.05, 3.63) is 35.6 Å². The maximum Gasteiger partial charge on any atom is 0.229 e. The Bertz CT molecular complexity index is 511. The molecular formula is C16H22ClFN2O. The third kappa shape index (κ3) is 3.55. The maximum absolute atomic E-state index is 13.3. The largest absolute Gasteiger partial charge is 0.341 e. The zero-order chi connectivity index (χ0) is 14.1. The van der Waals surface area contributed by atoms with Crippen LogP contribution in [0.1, 0.15) is 37.7 Å². The van der Waals surface area contributed by atoms with Crippen molar-refractivity contribution in [3.8, 4) is 0 Å². The minimum atomic E-state index is -0.279. The Kier molecular flexibility index (Phi) is 5.22. The molecule has 1 aromatic rings. The Morgan fingerprint density at radius 2 is 2.10 bits per heavy atom. The average Bonchev–Trinajstić information content (AvgIpc) is 2.77. The van der Waals surface area contributed by atoms with E-state index in [0.29, 0.717) is 12.1 Å². The van der Waals surface area contributed by atoms with Crippen molar-refractivity contribution in [3.63, 3.8) is 0 Å². The average molecular weight is 313 g/mol. The van der Waals surface area contributed by atoms with E-state index in [-0.39, 0.29) is 30.0 Å². The van der Waals surface area contributed by atoms with Gasteiger partial charge in [0.15, 0.2) is 0 Å². The van der Waals surface area contributed by atoms with Crippen molar-refractivity contribution in [1.82, 2.24) is 10.2 Å². The molecule has 2 aliphatic rings. The van der Waals surface area contributed by atoms with E-state index < -0.39 is 0 Å². The molecule has 5 heteroatoms. The van der Waals surface area contributed by atoms with Crippen LogP contribution >= 0.6 is 12.4 Å². The van der Waals surface area contributed by atoms with Crippen LogP contribution in [0.3, 0.4) is 0 Å². The summed E-state index contributed by atoms with van der Waals surface area (Å²) >= 11 is 0. The monoisotopic (exact) mass is 312 g/mol. The zero-order valence-corrected chi connectivity index (χ0v) is 13.0. The first-order valence-corrected chi connectivity index (χ1v) is 7.44. The first kappa shape index (κ1) is 16.2. The predicted molar refractivity (Wildman–Crippen MR) is 83.2 cm³/mol. The SMILES string of the molecule is CC(C(=O)N1CCC2CCC(C1)N2)c1cccc(F)c1.Cl. The molecule has 2 saturated heterocycles. The molecule has 1 aromatic carbocycles. The van der Waals surface area contributed by atoms with Crippen LogP contribution in [-0.2, 0) is 4.79 Å². The van der Waals surface area contributed by atoms with E-state index in [0.717, 1.165) is 31.5 Å². The van der Waals surface area contributed by atoms with Gasteiger partial charge in [0.05, 0.1) is 5.92 Å². The molecule has 2 bridgehead atoms. The van der Waals surface area contributed by atoms with E-state index in [9.17, 15) is 9.18 Å². The van der Waals surface area contributed by atoms with E-state index in [1.54, 1.807) is 6.07 Å². The van der Waals surface area contributed by atoms with Gasteiger partial charge in [0, 0.05) is 25.2 Å². The summed E-state index contributed by atoms with van der Waals surface area (Å²) in [6, 6.07) is 7.38. The lowest BCUT2D eigenvalue weighted by Crippen LogP contribution is -2.40. The molecule has 3 atom stereocenters. The molecule has 116 valence electrons. The molecule has 0 aliphatic carbocycles. The van der Waals surface area contributed by atoms with Gasteiger partial charge in [-0.1, -0.05) is 12.1 Å². The fourth-order valence-corrected chi connectivity index (χ4v) is 3.34. The topological polar surface area (TPSA) is 32.3 Å². The Morgan fingerprint density at radius 1 is 1.33 bits per heavy atom. The van der Waals surface area contributed by atoms with Crippen molar-refractivity contribution < 1.29 is 9.18 Å². The number of fused-ring (bicyclic) bond motifs is 2. The summed E-state index contributed by atoms with van der Waals surface area (Å²) in [5, 5.41) is 3.57. The van der Waals surface area contributed by atoms with E-state index in [1.807, 2.05) is 17.9 Å². The maximum atomic E-state index is 13.3. The molecule has 0 saturated carbocycles. The number of nitrogens with zero attached hydrogens (tertiary/aromatic N) is 1. The van der Waals surface area contributed by atoms with Gasteiger partial charge in [0.2, 0.25) is 5.91 Å². The number of hydrogen-bond donors (Lipinski definition) is 1. The number of halogens is 2. The lowest BCUT2D eigenvalue weighted by atomic mass is 9.98. The lowest BCUT2D eigenvalue weighted by Gasteiger charge is -2.27. The normalized spacial score (nSPS) is 25.9. The first-order chi connectivity index (χ1) is 9.63. The lowest BCUT2D eigenvalue weighted by molar-refractivity contribution is -0.132. The van der Waals surface area contributed by atoms with E-state index >= 15 is 0 Å². The van der Waals surface area contributed by atoms with Crippen LogP contribution in [0.4, 0.5) is 4.39 Å². The first-order valence-electron chi connectivity index (χ1n) is 7.44. The summed E-state index contributed by atoms with van der Waals surface area (Å²) < 4.78 is 13.3. The molecule has 21 heavy (non-hydrogen) atoms. The number of amides is 1. The molecule has 1 N–H and O–H groups in total. The molecule has 0 spiro atoms. The number of rotatable bonds is 2. The van der Waals surface area contributed by atoms with Gasteiger partial charge in [-0.15, -0.1) is 12.4 Å². The van der Waals surface area contributed by atoms with Crippen LogP contribution in [0, 0.1) is 5.82 Å².